The maximum absolute atomic E-state index is 12.2. The van der Waals surface area contributed by atoms with E-state index in [1.807, 2.05) is 42.1 Å². The monoisotopic (exact) mass is 468 g/mol. The van der Waals surface area contributed by atoms with Crippen LogP contribution in [0.3, 0.4) is 0 Å². The van der Waals surface area contributed by atoms with E-state index < -0.39 is 0 Å². The zero-order valence-corrected chi connectivity index (χ0v) is 20.2. The van der Waals surface area contributed by atoms with Gasteiger partial charge >= 0.3 is 0 Å². The first-order chi connectivity index (χ1) is 16.1. The molecule has 0 atom stereocenters. The molecule has 0 radical (unpaired) electrons. The van der Waals surface area contributed by atoms with Crippen LogP contribution in [0.1, 0.15) is 38.2 Å². The van der Waals surface area contributed by atoms with Crippen molar-refractivity contribution >= 4 is 34.5 Å². The van der Waals surface area contributed by atoms with Crippen molar-refractivity contribution in [3.8, 4) is 5.75 Å². The molecule has 1 aliphatic heterocycles. The molecule has 3 aromatic rings. The molecular weight excluding hydrogens is 436 g/mol. The minimum absolute atomic E-state index is 0.0119. The van der Waals surface area contributed by atoms with Gasteiger partial charge in [-0.1, -0.05) is 36.4 Å². The Morgan fingerprint density at radius 3 is 2.70 bits per heavy atom. The predicted octanol–water partition coefficient (Wildman–Crippen LogP) is 3.82. The topological polar surface area (TPSA) is 85.2 Å². The Bertz CT molecular complexity index is 1060. The highest BCUT2D eigenvalue weighted by Gasteiger charge is 2.20. The second-order valence-electron chi connectivity index (χ2n) is 8.28. The number of benzene rings is 1. The van der Waals surface area contributed by atoms with Crippen molar-refractivity contribution in [2.45, 2.75) is 51.2 Å². The summed E-state index contributed by atoms with van der Waals surface area (Å²) in [5, 5.41) is 9.25. The van der Waals surface area contributed by atoms with Crippen LogP contribution in [0.25, 0.3) is 11.0 Å². The van der Waals surface area contributed by atoms with Crippen LogP contribution in [0.5, 0.6) is 5.75 Å². The first kappa shape index (κ1) is 23.4. The summed E-state index contributed by atoms with van der Waals surface area (Å²) in [5.74, 6) is 2.50. The van der Waals surface area contributed by atoms with Crippen LogP contribution < -0.4 is 15.0 Å². The molecule has 9 heteroatoms. The minimum Gasteiger partial charge on any atom is -0.484 e. The molecule has 1 fully saturated rings. The molecule has 4 rings (SSSR count). The minimum atomic E-state index is -0.158. The van der Waals surface area contributed by atoms with E-state index in [1.165, 1.54) is 19.3 Å². The van der Waals surface area contributed by atoms with E-state index >= 15 is 0 Å². The summed E-state index contributed by atoms with van der Waals surface area (Å²) in [4.78, 5) is 24.2. The van der Waals surface area contributed by atoms with E-state index in [2.05, 4.69) is 22.2 Å². The van der Waals surface area contributed by atoms with Crippen molar-refractivity contribution in [1.82, 2.24) is 25.1 Å². The van der Waals surface area contributed by atoms with Crippen LogP contribution in [0, 0.1) is 6.92 Å². The SMILES string of the molecule is CCCSc1nc(N2CCCCC2)c2cnn(CCNC(=O)COc3ccc(C)cc3)c2n1. The van der Waals surface area contributed by atoms with Gasteiger partial charge in [0.25, 0.3) is 5.91 Å². The number of aryl methyl sites for hydroxylation is 1. The van der Waals surface area contributed by atoms with E-state index in [1.54, 1.807) is 11.8 Å². The summed E-state index contributed by atoms with van der Waals surface area (Å²) in [6.45, 7) is 7.19. The molecule has 0 bridgehead atoms. The molecule has 3 heterocycles. The molecule has 1 amide bonds. The lowest BCUT2D eigenvalue weighted by molar-refractivity contribution is -0.123. The normalized spacial score (nSPS) is 13.9. The third-order valence-electron chi connectivity index (χ3n) is 5.58. The lowest BCUT2D eigenvalue weighted by atomic mass is 10.1. The number of nitrogens with zero attached hydrogens (tertiary/aromatic N) is 5. The maximum atomic E-state index is 12.2. The van der Waals surface area contributed by atoms with Gasteiger partial charge in [-0.3, -0.25) is 4.79 Å². The molecule has 0 spiro atoms. The van der Waals surface area contributed by atoms with Gasteiger partial charge in [-0.25, -0.2) is 14.6 Å². The molecule has 176 valence electrons. The Labute approximate surface area is 199 Å². The predicted molar refractivity (Wildman–Crippen MR) is 132 cm³/mol. The van der Waals surface area contributed by atoms with Gasteiger partial charge in [-0.2, -0.15) is 5.10 Å². The van der Waals surface area contributed by atoms with Crippen LogP contribution >= 0.6 is 11.8 Å². The number of hydrogen-bond acceptors (Lipinski definition) is 7. The van der Waals surface area contributed by atoms with Crippen LogP contribution in [-0.4, -0.2) is 57.6 Å². The van der Waals surface area contributed by atoms with Crippen LogP contribution in [-0.2, 0) is 11.3 Å². The van der Waals surface area contributed by atoms with E-state index in [0.717, 1.165) is 52.8 Å². The number of anilines is 1. The average molecular weight is 469 g/mol. The molecule has 1 aromatic carbocycles. The molecule has 0 unspecified atom stereocenters. The average Bonchev–Trinajstić information content (AvgIpc) is 3.25. The first-order valence-electron chi connectivity index (χ1n) is 11.7. The van der Waals surface area contributed by atoms with Gasteiger partial charge in [0, 0.05) is 25.4 Å². The third kappa shape index (κ3) is 6.16. The molecule has 8 nitrogen and oxygen atoms in total. The van der Waals surface area contributed by atoms with Crippen molar-refractivity contribution in [3.05, 3.63) is 36.0 Å². The van der Waals surface area contributed by atoms with Crippen molar-refractivity contribution in [3.63, 3.8) is 0 Å². The fraction of sp³-hybridized carbons (Fsp3) is 0.500. The van der Waals surface area contributed by atoms with E-state index in [-0.39, 0.29) is 12.5 Å². The largest absolute Gasteiger partial charge is 0.484 e. The van der Waals surface area contributed by atoms with Gasteiger partial charge in [-0.15, -0.1) is 0 Å². The smallest absolute Gasteiger partial charge is 0.258 e. The summed E-state index contributed by atoms with van der Waals surface area (Å²) in [7, 11) is 0. The Balaban J connectivity index is 1.40. The van der Waals surface area contributed by atoms with Gasteiger partial charge in [0.1, 0.15) is 11.6 Å². The molecule has 2 aromatic heterocycles. The van der Waals surface area contributed by atoms with Crippen molar-refractivity contribution in [1.29, 1.82) is 0 Å². The third-order valence-corrected chi connectivity index (χ3v) is 6.64. The van der Waals surface area contributed by atoms with Gasteiger partial charge in [0.2, 0.25) is 0 Å². The zero-order valence-electron chi connectivity index (χ0n) is 19.4. The Hall–Kier alpha value is -2.81. The second kappa shape index (κ2) is 11.4. The van der Waals surface area contributed by atoms with E-state index in [4.69, 9.17) is 14.7 Å². The molecule has 0 aliphatic carbocycles. The highest BCUT2D eigenvalue weighted by Crippen LogP contribution is 2.29. The van der Waals surface area contributed by atoms with Gasteiger partial charge in [-0.05, 0) is 44.7 Å². The summed E-state index contributed by atoms with van der Waals surface area (Å²) in [6.07, 6.45) is 6.58. The number of fused-ring (bicyclic) bond motifs is 1. The molecule has 1 aliphatic rings. The second-order valence-corrected chi connectivity index (χ2v) is 9.34. The fourth-order valence-corrected chi connectivity index (χ4v) is 4.51. The quantitative estimate of drug-likeness (QED) is 0.358. The highest BCUT2D eigenvalue weighted by molar-refractivity contribution is 7.99. The van der Waals surface area contributed by atoms with Crippen LogP contribution in [0.15, 0.2) is 35.6 Å². The Morgan fingerprint density at radius 2 is 1.94 bits per heavy atom. The number of thioether (sulfide) groups is 1. The number of hydrogen-bond donors (Lipinski definition) is 1. The van der Waals surface area contributed by atoms with Gasteiger partial charge in [0.05, 0.1) is 18.1 Å². The lowest BCUT2D eigenvalue weighted by Crippen LogP contribution is -2.32. The number of aromatic nitrogens is 4. The summed E-state index contributed by atoms with van der Waals surface area (Å²) < 4.78 is 7.42. The lowest BCUT2D eigenvalue weighted by Gasteiger charge is -2.28. The van der Waals surface area contributed by atoms with Gasteiger partial charge < -0.3 is 15.0 Å². The number of amides is 1. The molecule has 0 saturated carbocycles. The molecule has 1 saturated heterocycles. The van der Waals surface area contributed by atoms with Crippen molar-refractivity contribution in [2.24, 2.45) is 0 Å². The highest BCUT2D eigenvalue weighted by atomic mass is 32.2. The Morgan fingerprint density at radius 1 is 1.15 bits per heavy atom. The Kier molecular flexibility index (Phi) is 8.04. The van der Waals surface area contributed by atoms with E-state index in [9.17, 15) is 4.79 Å². The van der Waals surface area contributed by atoms with Crippen molar-refractivity contribution < 1.29 is 9.53 Å². The summed E-state index contributed by atoms with van der Waals surface area (Å²) in [5.41, 5.74) is 1.98. The number of carbonyl (C=O) groups is 1. The number of carbonyl (C=O) groups excluding carboxylic acids is 1. The standard InChI is InChI=1S/C24H32N6O2S/c1-3-15-33-24-27-22(29-12-5-4-6-13-29)20-16-26-30(23(20)28-24)14-11-25-21(31)17-32-19-9-7-18(2)8-10-19/h7-10,16H,3-6,11-15,17H2,1-2H3,(H,25,31). The van der Waals surface area contributed by atoms with Crippen LogP contribution in [0.2, 0.25) is 0 Å². The maximum Gasteiger partial charge on any atom is 0.258 e. The number of piperidine rings is 1. The fourth-order valence-electron chi connectivity index (χ4n) is 3.82. The summed E-state index contributed by atoms with van der Waals surface area (Å²) >= 11 is 1.68. The van der Waals surface area contributed by atoms with Crippen LogP contribution in [0.4, 0.5) is 5.82 Å². The molecular formula is C24H32N6O2S. The van der Waals surface area contributed by atoms with Crippen molar-refractivity contribution in [2.75, 3.05) is 36.9 Å². The van der Waals surface area contributed by atoms with E-state index in [0.29, 0.717) is 18.8 Å². The molecule has 1 N–H and O–H groups in total. The zero-order chi connectivity index (χ0) is 23.0. The number of rotatable bonds is 10. The molecule has 33 heavy (non-hydrogen) atoms. The number of ether oxygens (including phenoxy) is 1. The van der Waals surface area contributed by atoms with Gasteiger partial charge in [0.15, 0.2) is 17.4 Å². The number of nitrogens with one attached hydrogen (secondary N) is 1. The summed E-state index contributed by atoms with van der Waals surface area (Å²) in [6, 6.07) is 7.66. The first-order valence-corrected chi connectivity index (χ1v) is 12.7.